The summed E-state index contributed by atoms with van der Waals surface area (Å²) in [6, 6.07) is 6.16. The van der Waals surface area contributed by atoms with Crippen LogP contribution in [0.15, 0.2) is 24.3 Å². The first-order valence-corrected chi connectivity index (χ1v) is 9.84. The molecule has 1 fully saturated rings. The van der Waals surface area contributed by atoms with Gasteiger partial charge >= 0.3 is 12.1 Å². The molecule has 0 unspecified atom stereocenters. The summed E-state index contributed by atoms with van der Waals surface area (Å²) in [6.45, 7) is 9.65. The summed E-state index contributed by atoms with van der Waals surface area (Å²) >= 11 is 0. The molecule has 1 heterocycles. The zero-order valence-electron chi connectivity index (χ0n) is 17.7. The molecule has 1 aliphatic rings. The average molecular weight is 406 g/mol. The fourth-order valence-corrected chi connectivity index (χ4v) is 2.90. The number of nitrogens with one attached hydrogen (secondary N) is 1. The Balaban J connectivity index is 1.91. The van der Waals surface area contributed by atoms with E-state index in [0.29, 0.717) is 37.4 Å². The van der Waals surface area contributed by atoms with E-state index in [1.54, 1.807) is 45.0 Å². The Bertz CT molecular complexity index is 726. The normalized spacial score (nSPS) is 17.4. The van der Waals surface area contributed by atoms with Crippen LogP contribution in [0.25, 0.3) is 0 Å². The summed E-state index contributed by atoms with van der Waals surface area (Å²) in [6.07, 6.45) is -0.407. The third-order valence-electron chi connectivity index (χ3n) is 4.25. The Kier molecular flexibility index (Phi) is 7.47. The molecule has 2 amide bonds. The number of likely N-dealkylation sites (tertiary alicyclic amines) is 1. The molecule has 0 saturated carbocycles. The first-order chi connectivity index (χ1) is 13.6. The molecule has 1 saturated heterocycles. The lowest BCUT2D eigenvalue weighted by molar-refractivity contribution is -0.157. The molecule has 0 aliphatic carbocycles. The van der Waals surface area contributed by atoms with Gasteiger partial charge in [0.2, 0.25) is 0 Å². The molecule has 2 atom stereocenters. The second-order valence-corrected chi connectivity index (χ2v) is 7.86. The van der Waals surface area contributed by atoms with Crippen molar-refractivity contribution in [2.45, 2.75) is 65.2 Å². The van der Waals surface area contributed by atoms with Gasteiger partial charge in [0.15, 0.2) is 6.10 Å². The van der Waals surface area contributed by atoms with Crippen LogP contribution in [-0.4, -0.2) is 53.8 Å². The summed E-state index contributed by atoms with van der Waals surface area (Å²) in [5.74, 6) is -0.361. The number of carbonyl (C=O) groups is 3. The van der Waals surface area contributed by atoms with Gasteiger partial charge in [-0.3, -0.25) is 9.69 Å². The van der Waals surface area contributed by atoms with Crippen LogP contribution in [-0.2, 0) is 19.1 Å². The molecule has 1 N–H and O–H groups in total. The molecule has 0 bridgehead atoms. The number of esters is 1. The highest BCUT2D eigenvalue weighted by Gasteiger charge is 2.38. The van der Waals surface area contributed by atoms with Crippen molar-refractivity contribution < 1.29 is 28.6 Å². The van der Waals surface area contributed by atoms with E-state index in [9.17, 15) is 14.4 Å². The summed E-state index contributed by atoms with van der Waals surface area (Å²) in [4.78, 5) is 38.6. The Morgan fingerprint density at radius 3 is 2.45 bits per heavy atom. The predicted molar refractivity (Wildman–Crippen MR) is 108 cm³/mol. The monoisotopic (exact) mass is 406 g/mol. The van der Waals surface area contributed by atoms with Crippen LogP contribution in [0.1, 0.15) is 47.5 Å². The molecule has 1 aromatic carbocycles. The highest BCUT2D eigenvalue weighted by molar-refractivity contribution is 5.95. The first kappa shape index (κ1) is 22.5. The van der Waals surface area contributed by atoms with Gasteiger partial charge in [0.05, 0.1) is 6.61 Å². The lowest BCUT2D eigenvalue weighted by Gasteiger charge is -2.28. The van der Waals surface area contributed by atoms with E-state index in [0.717, 1.165) is 0 Å². The highest BCUT2D eigenvalue weighted by atomic mass is 16.6. The predicted octanol–water partition coefficient (Wildman–Crippen LogP) is 3.36. The van der Waals surface area contributed by atoms with Gasteiger partial charge in [0.25, 0.3) is 5.91 Å². The third kappa shape index (κ3) is 6.66. The van der Waals surface area contributed by atoms with Crippen LogP contribution in [0, 0.1) is 0 Å². The van der Waals surface area contributed by atoms with Crippen molar-refractivity contribution in [3.05, 3.63) is 24.3 Å². The Morgan fingerprint density at radius 1 is 1.21 bits per heavy atom. The third-order valence-corrected chi connectivity index (χ3v) is 4.25. The van der Waals surface area contributed by atoms with E-state index >= 15 is 0 Å². The van der Waals surface area contributed by atoms with Crippen molar-refractivity contribution in [3.8, 4) is 5.75 Å². The van der Waals surface area contributed by atoms with Gasteiger partial charge in [-0.2, -0.15) is 0 Å². The van der Waals surface area contributed by atoms with Crippen LogP contribution < -0.4 is 10.1 Å². The van der Waals surface area contributed by atoms with Gasteiger partial charge in [-0.05, 0) is 71.7 Å². The smallest absolute Gasteiger partial charge is 0.411 e. The van der Waals surface area contributed by atoms with E-state index < -0.39 is 35.7 Å². The number of ether oxygens (including phenoxy) is 3. The van der Waals surface area contributed by atoms with Crippen LogP contribution in [0.4, 0.5) is 10.5 Å². The molecule has 2 rings (SSSR count). The molecule has 160 valence electrons. The lowest BCUT2D eigenvalue weighted by Crippen LogP contribution is -2.45. The number of amides is 2. The molecule has 29 heavy (non-hydrogen) atoms. The van der Waals surface area contributed by atoms with Crippen molar-refractivity contribution >= 4 is 23.7 Å². The SMILES string of the molecule is CCOc1ccc(NC(=O)[C@@H](C)OC(=O)[C@@H]2CCCN2C(=O)OC(C)(C)C)cc1. The van der Waals surface area contributed by atoms with Gasteiger partial charge in [-0.25, -0.2) is 9.59 Å². The van der Waals surface area contributed by atoms with E-state index in [1.165, 1.54) is 11.8 Å². The largest absolute Gasteiger partial charge is 0.494 e. The Labute approximate surface area is 171 Å². The number of anilines is 1. The zero-order chi connectivity index (χ0) is 21.6. The molecule has 1 aliphatic heterocycles. The molecular weight excluding hydrogens is 376 g/mol. The Hall–Kier alpha value is -2.77. The quantitative estimate of drug-likeness (QED) is 0.728. The van der Waals surface area contributed by atoms with E-state index in [4.69, 9.17) is 14.2 Å². The molecule has 8 nitrogen and oxygen atoms in total. The number of nitrogens with zero attached hydrogens (tertiary/aromatic N) is 1. The van der Waals surface area contributed by atoms with Crippen LogP contribution in [0.2, 0.25) is 0 Å². The fourth-order valence-electron chi connectivity index (χ4n) is 2.90. The average Bonchev–Trinajstić information content (AvgIpc) is 3.12. The number of hydrogen-bond acceptors (Lipinski definition) is 6. The maximum absolute atomic E-state index is 12.5. The Morgan fingerprint density at radius 2 is 1.86 bits per heavy atom. The maximum atomic E-state index is 12.5. The second-order valence-electron chi connectivity index (χ2n) is 7.86. The van der Waals surface area contributed by atoms with Crippen molar-refractivity contribution in [2.75, 3.05) is 18.5 Å². The van der Waals surface area contributed by atoms with Crippen molar-refractivity contribution in [3.63, 3.8) is 0 Å². The first-order valence-electron chi connectivity index (χ1n) is 9.84. The lowest BCUT2D eigenvalue weighted by atomic mass is 10.2. The molecule has 8 heteroatoms. The van der Waals surface area contributed by atoms with Gasteiger partial charge in [-0.1, -0.05) is 0 Å². The zero-order valence-corrected chi connectivity index (χ0v) is 17.7. The minimum atomic E-state index is -1.00. The minimum absolute atomic E-state index is 0.418. The van der Waals surface area contributed by atoms with Gasteiger partial charge in [0, 0.05) is 12.2 Å². The number of hydrogen-bond donors (Lipinski definition) is 1. The summed E-state index contributed by atoms with van der Waals surface area (Å²) < 4.78 is 16.0. The summed E-state index contributed by atoms with van der Waals surface area (Å²) in [5, 5.41) is 2.70. The van der Waals surface area contributed by atoms with Gasteiger partial charge < -0.3 is 19.5 Å². The summed E-state index contributed by atoms with van der Waals surface area (Å²) in [7, 11) is 0. The van der Waals surface area contributed by atoms with Crippen molar-refractivity contribution in [1.82, 2.24) is 4.90 Å². The second kappa shape index (κ2) is 9.62. The summed E-state index contributed by atoms with van der Waals surface area (Å²) in [5.41, 5.74) is -0.0865. The van der Waals surface area contributed by atoms with Crippen LogP contribution in [0.3, 0.4) is 0 Å². The maximum Gasteiger partial charge on any atom is 0.411 e. The molecule has 0 aromatic heterocycles. The number of rotatable bonds is 6. The fraction of sp³-hybridized carbons (Fsp3) is 0.571. The number of carbonyl (C=O) groups excluding carboxylic acids is 3. The molecular formula is C21H30N2O6. The standard InChI is InChI=1S/C21H30N2O6/c1-6-27-16-11-9-15(10-12-16)22-18(24)14(2)28-19(25)17-8-7-13-23(17)20(26)29-21(3,4)5/h9-12,14,17H,6-8,13H2,1-5H3,(H,22,24)/t14-,17+/m1/s1. The van der Waals surface area contributed by atoms with Gasteiger partial charge in [-0.15, -0.1) is 0 Å². The van der Waals surface area contributed by atoms with Gasteiger partial charge in [0.1, 0.15) is 17.4 Å². The van der Waals surface area contributed by atoms with Crippen LogP contribution in [0.5, 0.6) is 5.75 Å². The minimum Gasteiger partial charge on any atom is -0.494 e. The van der Waals surface area contributed by atoms with E-state index in [-0.39, 0.29) is 0 Å². The molecule has 1 aromatic rings. The molecule has 0 radical (unpaired) electrons. The molecule has 0 spiro atoms. The van der Waals surface area contributed by atoms with Crippen molar-refractivity contribution in [2.24, 2.45) is 0 Å². The van der Waals surface area contributed by atoms with Crippen LogP contribution >= 0.6 is 0 Å². The van der Waals surface area contributed by atoms with Crippen molar-refractivity contribution in [1.29, 1.82) is 0 Å². The van der Waals surface area contributed by atoms with E-state index in [1.807, 2.05) is 6.92 Å². The highest BCUT2D eigenvalue weighted by Crippen LogP contribution is 2.22. The van der Waals surface area contributed by atoms with E-state index in [2.05, 4.69) is 5.32 Å². The number of benzene rings is 1. The topological polar surface area (TPSA) is 94.2 Å².